The largest absolute Gasteiger partial charge is 0.391 e. The minimum atomic E-state index is -4.15. The van der Waals surface area contributed by atoms with Crippen molar-refractivity contribution >= 4 is 23.2 Å². The SMILES string of the molecule is NC(=O)c1cc(Cl)ccc1N1CCC(C(F)(F)F)CC1. The first kappa shape index (κ1) is 15.0. The number of hydrogen-bond acceptors (Lipinski definition) is 2. The predicted octanol–water partition coefficient (Wildman–Crippen LogP) is 3.22. The van der Waals surface area contributed by atoms with Crippen LogP contribution in [0.1, 0.15) is 23.2 Å². The normalized spacial score (nSPS) is 17.3. The minimum absolute atomic E-state index is 0.0182. The second-order valence-electron chi connectivity index (χ2n) is 4.83. The van der Waals surface area contributed by atoms with Crippen molar-refractivity contribution in [1.82, 2.24) is 0 Å². The van der Waals surface area contributed by atoms with Gasteiger partial charge in [-0.1, -0.05) is 11.6 Å². The molecular weight excluding hydrogens is 293 g/mol. The molecule has 1 heterocycles. The van der Waals surface area contributed by atoms with E-state index in [0.29, 0.717) is 10.7 Å². The van der Waals surface area contributed by atoms with Crippen molar-refractivity contribution in [3.63, 3.8) is 0 Å². The van der Waals surface area contributed by atoms with E-state index >= 15 is 0 Å². The summed E-state index contributed by atoms with van der Waals surface area (Å²) in [6.07, 6.45) is -4.12. The summed E-state index contributed by atoms with van der Waals surface area (Å²) in [5.41, 5.74) is 6.07. The Morgan fingerprint density at radius 1 is 1.30 bits per heavy atom. The average Bonchev–Trinajstić information content (AvgIpc) is 2.37. The van der Waals surface area contributed by atoms with E-state index in [9.17, 15) is 18.0 Å². The van der Waals surface area contributed by atoms with E-state index in [2.05, 4.69) is 0 Å². The molecule has 1 amide bonds. The van der Waals surface area contributed by atoms with Crippen molar-refractivity contribution in [2.75, 3.05) is 18.0 Å². The fraction of sp³-hybridized carbons (Fsp3) is 0.462. The summed E-state index contributed by atoms with van der Waals surface area (Å²) < 4.78 is 37.9. The lowest BCUT2D eigenvalue weighted by molar-refractivity contribution is -0.179. The molecule has 0 spiro atoms. The van der Waals surface area contributed by atoms with Crippen LogP contribution in [0.5, 0.6) is 0 Å². The zero-order valence-corrected chi connectivity index (χ0v) is 11.3. The van der Waals surface area contributed by atoms with Crippen molar-refractivity contribution < 1.29 is 18.0 Å². The molecule has 1 saturated heterocycles. The number of alkyl halides is 3. The van der Waals surface area contributed by atoms with E-state index in [-0.39, 0.29) is 31.5 Å². The third-order valence-corrected chi connectivity index (χ3v) is 3.76. The summed E-state index contributed by atoms with van der Waals surface area (Å²) in [7, 11) is 0. The fourth-order valence-electron chi connectivity index (χ4n) is 2.43. The molecule has 0 unspecified atom stereocenters. The summed E-state index contributed by atoms with van der Waals surface area (Å²) >= 11 is 5.81. The summed E-state index contributed by atoms with van der Waals surface area (Å²) in [6.45, 7) is 0.484. The lowest BCUT2D eigenvalue weighted by atomic mass is 9.95. The van der Waals surface area contributed by atoms with E-state index in [1.165, 1.54) is 6.07 Å². The van der Waals surface area contributed by atoms with Gasteiger partial charge < -0.3 is 10.6 Å². The van der Waals surface area contributed by atoms with Crippen molar-refractivity contribution in [3.05, 3.63) is 28.8 Å². The van der Waals surface area contributed by atoms with Gasteiger partial charge in [0.05, 0.1) is 11.5 Å². The maximum absolute atomic E-state index is 12.6. The van der Waals surface area contributed by atoms with Crippen molar-refractivity contribution in [2.45, 2.75) is 19.0 Å². The molecule has 1 aromatic rings. The predicted molar refractivity (Wildman–Crippen MR) is 71.0 cm³/mol. The number of benzene rings is 1. The fourth-order valence-corrected chi connectivity index (χ4v) is 2.60. The van der Waals surface area contributed by atoms with Crippen LogP contribution >= 0.6 is 11.6 Å². The Balaban J connectivity index is 2.17. The number of primary amides is 1. The first-order valence-electron chi connectivity index (χ1n) is 6.20. The highest BCUT2D eigenvalue weighted by Crippen LogP contribution is 2.36. The molecule has 110 valence electrons. The molecule has 1 aliphatic heterocycles. The highest BCUT2D eigenvalue weighted by molar-refractivity contribution is 6.31. The zero-order chi connectivity index (χ0) is 14.9. The maximum atomic E-state index is 12.6. The average molecular weight is 307 g/mol. The number of anilines is 1. The summed E-state index contributed by atoms with van der Waals surface area (Å²) in [6, 6.07) is 4.66. The highest BCUT2D eigenvalue weighted by Gasteiger charge is 2.41. The van der Waals surface area contributed by atoms with Gasteiger partial charge in [0.15, 0.2) is 0 Å². The van der Waals surface area contributed by atoms with Crippen LogP contribution in [0.2, 0.25) is 5.02 Å². The van der Waals surface area contributed by atoms with Gasteiger partial charge in [0.1, 0.15) is 0 Å². The Morgan fingerprint density at radius 2 is 1.90 bits per heavy atom. The molecule has 0 radical (unpaired) electrons. The van der Waals surface area contributed by atoms with Gasteiger partial charge in [-0.25, -0.2) is 0 Å². The number of piperidine rings is 1. The van der Waals surface area contributed by atoms with Gasteiger partial charge in [-0.2, -0.15) is 13.2 Å². The Morgan fingerprint density at radius 3 is 2.40 bits per heavy atom. The van der Waals surface area contributed by atoms with Crippen LogP contribution < -0.4 is 10.6 Å². The topological polar surface area (TPSA) is 46.3 Å². The third-order valence-electron chi connectivity index (χ3n) is 3.52. The summed E-state index contributed by atoms with van der Waals surface area (Å²) in [4.78, 5) is 13.1. The smallest absolute Gasteiger partial charge is 0.371 e. The number of hydrogen-bond donors (Lipinski definition) is 1. The van der Waals surface area contributed by atoms with Gasteiger partial charge >= 0.3 is 6.18 Å². The molecule has 2 N–H and O–H groups in total. The van der Waals surface area contributed by atoms with E-state index in [0.717, 1.165) is 0 Å². The van der Waals surface area contributed by atoms with Crippen LogP contribution in [-0.4, -0.2) is 25.2 Å². The standard InChI is InChI=1S/C13H14ClF3N2O/c14-9-1-2-11(10(7-9)12(18)20)19-5-3-8(4-6-19)13(15,16)17/h1-2,7-8H,3-6H2,(H2,18,20). The molecule has 1 aliphatic rings. The van der Waals surface area contributed by atoms with Gasteiger partial charge in [0.2, 0.25) is 0 Å². The lowest BCUT2D eigenvalue weighted by Crippen LogP contribution is -2.39. The minimum Gasteiger partial charge on any atom is -0.371 e. The Labute approximate surface area is 119 Å². The van der Waals surface area contributed by atoms with Crippen LogP contribution in [-0.2, 0) is 0 Å². The molecule has 0 bridgehead atoms. The van der Waals surface area contributed by atoms with Crippen LogP contribution in [0.3, 0.4) is 0 Å². The third kappa shape index (κ3) is 3.17. The van der Waals surface area contributed by atoms with Gasteiger partial charge in [0, 0.05) is 23.8 Å². The molecule has 20 heavy (non-hydrogen) atoms. The van der Waals surface area contributed by atoms with Gasteiger partial charge in [-0.05, 0) is 31.0 Å². The molecule has 3 nitrogen and oxygen atoms in total. The van der Waals surface area contributed by atoms with Crippen LogP contribution in [0.4, 0.5) is 18.9 Å². The quantitative estimate of drug-likeness (QED) is 0.912. The Kier molecular flexibility index (Phi) is 4.13. The summed E-state index contributed by atoms with van der Waals surface area (Å²) in [5.74, 6) is -1.91. The Bertz CT molecular complexity index is 511. The van der Waals surface area contributed by atoms with Crippen molar-refractivity contribution in [3.8, 4) is 0 Å². The number of carbonyl (C=O) groups is 1. The van der Waals surface area contributed by atoms with E-state index < -0.39 is 18.0 Å². The molecule has 0 aromatic heterocycles. The second kappa shape index (κ2) is 5.52. The Hall–Kier alpha value is -1.43. The van der Waals surface area contributed by atoms with E-state index in [1.807, 2.05) is 0 Å². The lowest BCUT2D eigenvalue weighted by Gasteiger charge is -2.35. The molecule has 2 rings (SSSR count). The molecule has 0 atom stereocenters. The number of carbonyl (C=O) groups excluding carboxylic acids is 1. The number of nitrogens with zero attached hydrogens (tertiary/aromatic N) is 1. The van der Waals surface area contributed by atoms with Crippen LogP contribution in [0.25, 0.3) is 0 Å². The van der Waals surface area contributed by atoms with Crippen LogP contribution in [0, 0.1) is 5.92 Å². The summed E-state index contributed by atoms with van der Waals surface area (Å²) in [5, 5.41) is 0.368. The molecule has 1 aromatic carbocycles. The molecule has 7 heteroatoms. The van der Waals surface area contributed by atoms with Crippen molar-refractivity contribution in [1.29, 1.82) is 0 Å². The van der Waals surface area contributed by atoms with Gasteiger partial charge in [0.25, 0.3) is 5.91 Å². The monoisotopic (exact) mass is 306 g/mol. The number of rotatable bonds is 2. The number of halogens is 4. The van der Waals surface area contributed by atoms with Crippen molar-refractivity contribution in [2.24, 2.45) is 11.7 Å². The first-order valence-corrected chi connectivity index (χ1v) is 6.58. The number of amides is 1. The second-order valence-corrected chi connectivity index (χ2v) is 5.27. The van der Waals surface area contributed by atoms with Gasteiger partial charge in [-0.15, -0.1) is 0 Å². The zero-order valence-electron chi connectivity index (χ0n) is 10.6. The maximum Gasteiger partial charge on any atom is 0.391 e. The van der Waals surface area contributed by atoms with E-state index in [4.69, 9.17) is 17.3 Å². The van der Waals surface area contributed by atoms with Gasteiger partial charge in [-0.3, -0.25) is 4.79 Å². The molecular formula is C13H14ClF3N2O. The van der Waals surface area contributed by atoms with E-state index in [1.54, 1.807) is 17.0 Å². The molecule has 0 aliphatic carbocycles. The molecule has 1 fully saturated rings. The van der Waals surface area contributed by atoms with Crippen LogP contribution in [0.15, 0.2) is 18.2 Å². The number of nitrogens with two attached hydrogens (primary N) is 1. The first-order chi connectivity index (χ1) is 9.29. The molecule has 0 saturated carbocycles. The highest BCUT2D eigenvalue weighted by atomic mass is 35.5.